The van der Waals surface area contributed by atoms with Gasteiger partial charge in [0.2, 0.25) is 0 Å². The summed E-state index contributed by atoms with van der Waals surface area (Å²) in [5, 5.41) is 9.12. The molecular weight excluding hydrogens is 347 g/mol. The van der Waals surface area contributed by atoms with E-state index in [1.807, 2.05) is 12.1 Å². The van der Waals surface area contributed by atoms with Crippen molar-refractivity contribution in [2.24, 2.45) is 5.41 Å². The van der Waals surface area contributed by atoms with Crippen LogP contribution in [0.15, 0.2) is 18.2 Å². The number of ether oxygens (including phenoxy) is 1. The Balaban J connectivity index is 1.53. The van der Waals surface area contributed by atoms with E-state index >= 15 is 0 Å². The van der Waals surface area contributed by atoms with E-state index in [4.69, 9.17) is 10.00 Å². The number of halogens is 1. The highest BCUT2D eigenvalue weighted by Crippen LogP contribution is 2.40. The zero-order valence-corrected chi connectivity index (χ0v) is 15.5. The number of piperidine rings is 1. The lowest BCUT2D eigenvalue weighted by atomic mass is 9.77. The molecule has 0 aromatic carbocycles. The normalized spacial score (nSPS) is 27.6. The average Bonchev–Trinajstić information content (AvgIpc) is 2.88. The van der Waals surface area contributed by atoms with Crippen molar-refractivity contribution in [2.45, 2.75) is 37.8 Å². The molecule has 1 amide bonds. The van der Waals surface area contributed by atoms with E-state index in [0.29, 0.717) is 57.9 Å². The summed E-state index contributed by atoms with van der Waals surface area (Å²) in [5.74, 6) is 0.413. The summed E-state index contributed by atoms with van der Waals surface area (Å²) in [6.45, 7) is 3.65. The van der Waals surface area contributed by atoms with Crippen LogP contribution in [0.3, 0.4) is 0 Å². The van der Waals surface area contributed by atoms with Gasteiger partial charge in [0, 0.05) is 31.6 Å². The monoisotopic (exact) mass is 372 g/mol. The van der Waals surface area contributed by atoms with Gasteiger partial charge in [-0.1, -0.05) is 6.07 Å². The quantitative estimate of drug-likeness (QED) is 0.797. The molecule has 1 spiro atoms. The van der Waals surface area contributed by atoms with Crippen LogP contribution in [-0.4, -0.2) is 60.9 Å². The van der Waals surface area contributed by atoms with Crippen molar-refractivity contribution in [3.8, 4) is 6.07 Å². The van der Waals surface area contributed by atoms with Crippen LogP contribution in [0.1, 0.15) is 37.8 Å². The number of anilines is 1. The maximum atomic E-state index is 14.7. The second-order valence-corrected chi connectivity index (χ2v) is 8.12. The highest BCUT2D eigenvalue weighted by atomic mass is 19.1. The van der Waals surface area contributed by atoms with E-state index in [1.165, 1.54) is 0 Å². The largest absolute Gasteiger partial charge is 0.379 e. The van der Waals surface area contributed by atoms with Crippen LogP contribution in [0.25, 0.3) is 0 Å². The predicted octanol–water partition coefficient (Wildman–Crippen LogP) is 2.29. The number of rotatable bonds is 2. The molecule has 27 heavy (non-hydrogen) atoms. The first-order valence-corrected chi connectivity index (χ1v) is 9.72. The van der Waals surface area contributed by atoms with Crippen LogP contribution in [-0.2, 0) is 9.53 Å². The number of pyridine rings is 1. The van der Waals surface area contributed by atoms with Gasteiger partial charge >= 0.3 is 0 Å². The van der Waals surface area contributed by atoms with E-state index in [1.54, 1.807) is 11.0 Å². The summed E-state index contributed by atoms with van der Waals surface area (Å²) in [6.07, 6.45) is 3.28. The smallest absolute Gasteiger partial charge is 0.260 e. The molecule has 3 aliphatic rings. The molecule has 7 heteroatoms. The number of hydrogen-bond acceptors (Lipinski definition) is 5. The minimum atomic E-state index is -1.65. The first-order chi connectivity index (χ1) is 13.0. The molecule has 0 N–H and O–H groups in total. The van der Waals surface area contributed by atoms with Gasteiger partial charge in [0.15, 0.2) is 5.67 Å². The first-order valence-electron chi connectivity index (χ1n) is 9.72. The molecule has 3 heterocycles. The summed E-state index contributed by atoms with van der Waals surface area (Å²) in [6, 6.07) is 7.50. The topological polar surface area (TPSA) is 69.5 Å². The van der Waals surface area contributed by atoms with E-state index in [2.05, 4.69) is 16.0 Å². The molecule has 3 fully saturated rings. The van der Waals surface area contributed by atoms with Crippen molar-refractivity contribution >= 4 is 11.7 Å². The van der Waals surface area contributed by atoms with Crippen molar-refractivity contribution in [1.82, 2.24) is 9.88 Å². The molecule has 1 aromatic heterocycles. The van der Waals surface area contributed by atoms with Gasteiger partial charge in [-0.15, -0.1) is 0 Å². The van der Waals surface area contributed by atoms with Crippen molar-refractivity contribution in [2.75, 3.05) is 44.3 Å². The van der Waals surface area contributed by atoms with Gasteiger partial charge in [-0.3, -0.25) is 4.79 Å². The molecule has 1 saturated carbocycles. The molecule has 1 unspecified atom stereocenters. The molecule has 144 valence electrons. The summed E-state index contributed by atoms with van der Waals surface area (Å²) < 4.78 is 20.6. The van der Waals surface area contributed by atoms with Gasteiger partial charge < -0.3 is 14.5 Å². The Morgan fingerprint density at radius 3 is 2.81 bits per heavy atom. The standard InChI is InChI=1S/C20H25FN4O2/c21-20(7-2-8-20)18(26)25-9-3-6-19(14-25)13-24(10-11-27-15-19)17-5-1-4-16(12-22)23-17/h1,4-5H,2-3,6-11,13-15H2. The number of alkyl halides is 1. The van der Waals surface area contributed by atoms with Crippen molar-refractivity contribution in [3.05, 3.63) is 23.9 Å². The Bertz CT molecular complexity index is 761. The van der Waals surface area contributed by atoms with E-state index in [-0.39, 0.29) is 11.3 Å². The molecule has 1 aromatic rings. The highest BCUT2D eigenvalue weighted by molar-refractivity contribution is 5.86. The SMILES string of the molecule is N#Cc1cccc(N2CCOCC3(CCCN(C(=O)C4(F)CCC4)C3)C2)n1. The number of carbonyl (C=O) groups excluding carboxylic acids is 1. The van der Waals surface area contributed by atoms with E-state index in [0.717, 1.165) is 25.1 Å². The molecular formula is C20H25FN4O2. The van der Waals surface area contributed by atoms with Gasteiger partial charge in [-0.2, -0.15) is 5.26 Å². The van der Waals surface area contributed by atoms with Crippen LogP contribution in [0.2, 0.25) is 0 Å². The zero-order valence-electron chi connectivity index (χ0n) is 15.5. The molecule has 1 atom stereocenters. The lowest BCUT2D eigenvalue weighted by Gasteiger charge is -2.46. The molecule has 2 saturated heterocycles. The molecule has 0 bridgehead atoms. The lowest BCUT2D eigenvalue weighted by Crippen LogP contribution is -2.57. The van der Waals surface area contributed by atoms with Gasteiger partial charge in [0.1, 0.15) is 17.6 Å². The number of hydrogen-bond donors (Lipinski definition) is 0. The van der Waals surface area contributed by atoms with Crippen LogP contribution < -0.4 is 4.90 Å². The number of nitriles is 1. The van der Waals surface area contributed by atoms with Crippen molar-refractivity contribution in [1.29, 1.82) is 5.26 Å². The van der Waals surface area contributed by atoms with E-state index in [9.17, 15) is 9.18 Å². The maximum absolute atomic E-state index is 14.7. The molecule has 2 aliphatic heterocycles. The van der Waals surface area contributed by atoms with Gasteiger partial charge in [-0.25, -0.2) is 9.37 Å². The number of likely N-dealkylation sites (tertiary alicyclic amines) is 1. The van der Waals surface area contributed by atoms with Crippen LogP contribution in [0.5, 0.6) is 0 Å². The van der Waals surface area contributed by atoms with Crippen LogP contribution >= 0.6 is 0 Å². The summed E-state index contributed by atoms with van der Waals surface area (Å²) >= 11 is 0. The summed E-state index contributed by atoms with van der Waals surface area (Å²) in [5.41, 5.74) is -1.49. The Hall–Kier alpha value is -2.20. The first kappa shape index (κ1) is 18.2. The fourth-order valence-corrected chi connectivity index (χ4v) is 4.46. The Labute approximate surface area is 158 Å². The number of nitrogens with zero attached hydrogens (tertiary/aromatic N) is 4. The fraction of sp³-hybridized carbons (Fsp3) is 0.650. The third-order valence-corrected chi connectivity index (χ3v) is 6.09. The third-order valence-electron chi connectivity index (χ3n) is 6.09. The lowest BCUT2D eigenvalue weighted by molar-refractivity contribution is -0.154. The Morgan fingerprint density at radius 2 is 2.07 bits per heavy atom. The number of aromatic nitrogens is 1. The van der Waals surface area contributed by atoms with Gasteiger partial charge in [-0.05, 0) is 44.2 Å². The van der Waals surface area contributed by atoms with E-state index < -0.39 is 5.67 Å². The minimum absolute atomic E-state index is 0.227. The highest BCUT2D eigenvalue weighted by Gasteiger charge is 2.49. The third kappa shape index (κ3) is 3.51. The summed E-state index contributed by atoms with van der Waals surface area (Å²) in [7, 11) is 0. The fourth-order valence-electron chi connectivity index (χ4n) is 4.46. The van der Waals surface area contributed by atoms with Gasteiger partial charge in [0.25, 0.3) is 5.91 Å². The predicted molar refractivity (Wildman–Crippen MR) is 97.9 cm³/mol. The summed E-state index contributed by atoms with van der Waals surface area (Å²) in [4.78, 5) is 21.0. The Morgan fingerprint density at radius 1 is 1.22 bits per heavy atom. The van der Waals surface area contributed by atoms with Crippen LogP contribution in [0, 0.1) is 16.7 Å². The number of amides is 1. The molecule has 6 nitrogen and oxygen atoms in total. The van der Waals surface area contributed by atoms with Crippen molar-refractivity contribution < 1.29 is 13.9 Å². The second kappa shape index (κ2) is 7.08. The minimum Gasteiger partial charge on any atom is -0.379 e. The second-order valence-electron chi connectivity index (χ2n) is 8.12. The van der Waals surface area contributed by atoms with Crippen LogP contribution in [0.4, 0.5) is 10.2 Å². The van der Waals surface area contributed by atoms with Crippen molar-refractivity contribution in [3.63, 3.8) is 0 Å². The average molecular weight is 372 g/mol. The molecule has 0 radical (unpaired) electrons. The number of carbonyl (C=O) groups is 1. The zero-order chi connectivity index (χ0) is 18.9. The maximum Gasteiger partial charge on any atom is 0.260 e. The van der Waals surface area contributed by atoms with Gasteiger partial charge in [0.05, 0.1) is 13.2 Å². The molecule has 1 aliphatic carbocycles. The Kier molecular flexibility index (Phi) is 4.77. The molecule has 4 rings (SSSR count).